The third-order valence-corrected chi connectivity index (χ3v) is 7.12. The van der Waals surface area contributed by atoms with Gasteiger partial charge in [0.1, 0.15) is 5.82 Å². The minimum atomic E-state index is -0.103. The smallest absolute Gasteiger partial charge is 0.289 e. The first-order chi connectivity index (χ1) is 15.5. The summed E-state index contributed by atoms with van der Waals surface area (Å²) in [6.45, 7) is 10.7. The normalized spacial score (nSPS) is 18.3. The standard InChI is InChI=1S/C26H32N4O2/c1-19(2)30-20(3)27-24-22(30)17-29(25(31)23-10-7-15-32-23)18-26(24)11-13-28(14-12-26)16-21-8-5-4-6-9-21/h4-10,15,19H,11-14,16-18H2,1-3H3. The van der Waals surface area contributed by atoms with E-state index < -0.39 is 0 Å². The van der Waals surface area contributed by atoms with Gasteiger partial charge in [-0.3, -0.25) is 9.69 Å². The number of furan rings is 1. The lowest BCUT2D eigenvalue weighted by Crippen LogP contribution is -2.53. The highest BCUT2D eigenvalue weighted by molar-refractivity contribution is 5.91. The van der Waals surface area contributed by atoms with Gasteiger partial charge in [0.05, 0.1) is 24.2 Å². The van der Waals surface area contributed by atoms with E-state index in [0.29, 0.717) is 24.9 Å². The summed E-state index contributed by atoms with van der Waals surface area (Å²) >= 11 is 0. The number of amides is 1. The molecule has 168 valence electrons. The summed E-state index contributed by atoms with van der Waals surface area (Å²) in [4.78, 5) is 22.9. The zero-order chi connectivity index (χ0) is 22.3. The van der Waals surface area contributed by atoms with E-state index in [4.69, 9.17) is 9.40 Å². The van der Waals surface area contributed by atoms with Crippen LogP contribution >= 0.6 is 0 Å². The molecule has 2 aliphatic heterocycles. The van der Waals surface area contributed by atoms with Crippen molar-refractivity contribution >= 4 is 5.91 Å². The second kappa shape index (κ2) is 8.24. The lowest BCUT2D eigenvalue weighted by Gasteiger charge is -2.47. The van der Waals surface area contributed by atoms with Crippen LogP contribution in [0.4, 0.5) is 0 Å². The average molecular weight is 433 g/mol. The van der Waals surface area contributed by atoms with E-state index in [2.05, 4.69) is 60.6 Å². The zero-order valence-electron chi connectivity index (χ0n) is 19.3. The maximum atomic E-state index is 13.3. The van der Waals surface area contributed by atoms with E-state index in [1.807, 2.05) is 4.90 Å². The molecular weight excluding hydrogens is 400 g/mol. The topological polar surface area (TPSA) is 54.5 Å². The predicted molar refractivity (Wildman–Crippen MR) is 123 cm³/mol. The van der Waals surface area contributed by atoms with Crippen molar-refractivity contribution in [1.82, 2.24) is 19.4 Å². The molecule has 2 aromatic heterocycles. The van der Waals surface area contributed by atoms with Gasteiger partial charge in [-0.05, 0) is 64.4 Å². The number of nitrogens with zero attached hydrogens (tertiary/aromatic N) is 4. The number of hydrogen-bond acceptors (Lipinski definition) is 4. The Labute approximate surface area is 189 Å². The van der Waals surface area contributed by atoms with Crippen LogP contribution in [-0.4, -0.2) is 44.9 Å². The van der Waals surface area contributed by atoms with Gasteiger partial charge in [0.15, 0.2) is 5.76 Å². The lowest BCUT2D eigenvalue weighted by atomic mass is 9.72. The van der Waals surface area contributed by atoms with Crippen molar-refractivity contribution in [2.24, 2.45) is 0 Å². The van der Waals surface area contributed by atoms with Gasteiger partial charge in [0.25, 0.3) is 5.91 Å². The Morgan fingerprint density at radius 1 is 1.12 bits per heavy atom. The van der Waals surface area contributed by atoms with Crippen molar-refractivity contribution in [3.05, 3.63) is 77.3 Å². The number of carbonyl (C=O) groups excluding carboxylic acids is 1. The maximum Gasteiger partial charge on any atom is 0.289 e. The molecule has 2 aliphatic rings. The number of fused-ring (bicyclic) bond motifs is 2. The number of carbonyl (C=O) groups is 1. The molecule has 6 nitrogen and oxygen atoms in total. The SMILES string of the molecule is Cc1nc2c(n1C(C)C)CN(C(=O)c1ccco1)CC21CCN(Cc2ccccc2)CC1. The summed E-state index contributed by atoms with van der Waals surface area (Å²) in [7, 11) is 0. The van der Waals surface area contributed by atoms with Crippen LogP contribution in [0.25, 0.3) is 0 Å². The molecule has 1 fully saturated rings. The third-order valence-electron chi connectivity index (χ3n) is 7.12. The number of likely N-dealkylation sites (tertiary alicyclic amines) is 1. The quantitative estimate of drug-likeness (QED) is 0.607. The predicted octanol–water partition coefficient (Wildman–Crippen LogP) is 4.56. The van der Waals surface area contributed by atoms with Gasteiger partial charge < -0.3 is 13.9 Å². The van der Waals surface area contributed by atoms with Crippen LogP contribution < -0.4 is 0 Å². The molecule has 0 radical (unpaired) electrons. The second-order valence-corrected chi connectivity index (χ2v) is 9.60. The number of benzene rings is 1. The minimum Gasteiger partial charge on any atom is -0.459 e. The molecule has 0 unspecified atom stereocenters. The second-order valence-electron chi connectivity index (χ2n) is 9.60. The Hall–Kier alpha value is -2.86. The van der Waals surface area contributed by atoms with Crippen LogP contribution in [0.3, 0.4) is 0 Å². The molecule has 0 bridgehead atoms. The van der Waals surface area contributed by atoms with Crippen molar-refractivity contribution in [3.8, 4) is 0 Å². The molecular formula is C26H32N4O2. The fourth-order valence-corrected chi connectivity index (χ4v) is 5.60. The molecule has 1 saturated heterocycles. The maximum absolute atomic E-state index is 13.3. The minimum absolute atomic E-state index is 0.0269. The molecule has 3 aromatic rings. The van der Waals surface area contributed by atoms with Crippen LogP contribution in [0.1, 0.15) is 66.1 Å². The molecule has 5 rings (SSSR count). The highest BCUT2D eigenvalue weighted by Crippen LogP contribution is 2.43. The van der Waals surface area contributed by atoms with Crippen LogP contribution in [0.15, 0.2) is 53.1 Å². The molecule has 1 amide bonds. The number of rotatable bonds is 4. The Morgan fingerprint density at radius 2 is 1.88 bits per heavy atom. The zero-order valence-corrected chi connectivity index (χ0v) is 19.3. The van der Waals surface area contributed by atoms with Crippen molar-refractivity contribution in [1.29, 1.82) is 0 Å². The Bertz CT molecular complexity index is 1080. The van der Waals surface area contributed by atoms with E-state index >= 15 is 0 Å². The fourth-order valence-electron chi connectivity index (χ4n) is 5.60. The summed E-state index contributed by atoms with van der Waals surface area (Å²) in [5, 5.41) is 0. The van der Waals surface area contributed by atoms with Gasteiger partial charge >= 0.3 is 0 Å². The molecule has 32 heavy (non-hydrogen) atoms. The first-order valence-corrected chi connectivity index (χ1v) is 11.6. The van der Waals surface area contributed by atoms with Gasteiger partial charge in [-0.15, -0.1) is 0 Å². The average Bonchev–Trinajstić information content (AvgIpc) is 3.44. The van der Waals surface area contributed by atoms with Gasteiger partial charge in [0, 0.05) is 24.5 Å². The summed E-state index contributed by atoms with van der Waals surface area (Å²) in [5.74, 6) is 1.43. The number of piperidine rings is 1. The lowest BCUT2D eigenvalue weighted by molar-refractivity contribution is 0.0528. The molecule has 1 aromatic carbocycles. The summed E-state index contributed by atoms with van der Waals surface area (Å²) in [6, 6.07) is 14.5. The summed E-state index contributed by atoms with van der Waals surface area (Å²) < 4.78 is 7.77. The van der Waals surface area contributed by atoms with Crippen LogP contribution in [0, 0.1) is 6.92 Å². The number of aromatic nitrogens is 2. The van der Waals surface area contributed by atoms with Crippen molar-refractivity contribution < 1.29 is 9.21 Å². The molecule has 0 saturated carbocycles. The number of aryl methyl sites for hydroxylation is 1. The number of imidazole rings is 1. The van der Waals surface area contributed by atoms with E-state index in [0.717, 1.165) is 38.3 Å². The highest BCUT2D eigenvalue weighted by Gasteiger charge is 2.46. The largest absolute Gasteiger partial charge is 0.459 e. The first-order valence-electron chi connectivity index (χ1n) is 11.6. The molecule has 4 heterocycles. The molecule has 0 atom stereocenters. The Morgan fingerprint density at radius 3 is 2.53 bits per heavy atom. The molecule has 0 aliphatic carbocycles. The summed E-state index contributed by atoms with van der Waals surface area (Å²) in [6.07, 6.45) is 3.58. The van der Waals surface area contributed by atoms with Crippen molar-refractivity contribution in [2.45, 2.75) is 58.2 Å². The highest BCUT2D eigenvalue weighted by atomic mass is 16.3. The monoisotopic (exact) mass is 432 g/mol. The van der Waals surface area contributed by atoms with Crippen LogP contribution in [-0.2, 0) is 18.5 Å². The van der Waals surface area contributed by atoms with E-state index in [1.165, 1.54) is 17.0 Å². The van der Waals surface area contributed by atoms with Gasteiger partial charge in [0.2, 0.25) is 0 Å². The van der Waals surface area contributed by atoms with Gasteiger partial charge in [-0.25, -0.2) is 4.98 Å². The molecule has 6 heteroatoms. The number of hydrogen-bond donors (Lipinski definition) is 0. The molecule has 0 N–H and O–H groups in total. The van der Waals surface area contributed by atoms with Crippen molar-refractivity contribution in [3.63, 3.8) is 0 Å². The van der Waals surface area contributed by atoms with Crippen LogP contribution in [0.2, 0.25) is 0 Å². The Balaban J connectivity index is 1.45. The third kappa shape index (κ3) is 3.66. The van der Waals surface area contributed by atoms with E-state index in [9.17, 15) is 4.79 Å². The molecule has 1 spiro atoms. The first kappa shape index (κ1) is 21.0. The van der Waals surface area contributed by atoms with Gasteiger partial charge in [-0.1, -0.05) is 30.3 Å². The van der Waals surface area contributed by atoms with E-state index in [1.54, 1.807) is 18.4 Å². The fraction of sp³-hybridized carbons (Fsp3) is 0.462. The van der Waals surface area contributed by atoms with Gasteiger partial charge in [-0.2, -0.15) is 0 Å². The summed E-state index contributed by atoms with van der Waals surface area (Å²) in [5.41, 5.74) is 3.66. The van der Waals surface area contributed by atoms with Crippen LogP contribution in [0.5, 0.6) is 0 Å². The van der Waals surface area contributed by atoms with E-state index in [-0.39, 0.29) is 11.3 Å². The Kier molecular flexibility index (Phi) is 5.41. The van der Waals surface area contributed by atoms with Crippen molar-refractivity contribution in [2.75, 3.05) is 19.6 Å².